The summed E-state index contributed by atoms with van der Waals surface area (Å²) >= 11 is 6.16. The minimum absolute atomic E-state index is 0.0473. The first kappa shape index (κ1) is 25.3. The number of hydrogen-bond acceptors (Lipinski definition) is 4. The summed E-state index contributed by atoms with van der Waals surface area (Å²) in [4.78, 5) is 0.0473. The highest BCUT2D eigenvalue weighted by molar-refractivity contribution is 8.23. The number of rotatable bonds is 8. The number of nitrogens with two attached hydrogens (primary N) is 1. The topological polar surface area (TPSA) is 80.6 Å². The summed E-state index contributed by atoms with van der Waals surface area (Å²) < 4.78 is 43.4. The van der Waals surface area contributed by atoms with Crippen LogP contribution in [0.2, 0.25) is 5.02 Å². The molecule has 0 bridgehead atoms. The molecule has 4 aromatic carbocycles. The Morgan fingerprint density at radius 2 is 1.62 bits per heavy atom. The summed E-state index contributed by atoms with van der Waals surface area (Å²) in [6.45, 7) is 0.766. The standard InChI is InChI=1S/C29H26ClFN2O3S/c30-27-16-24(31)10-13-29(27)37(34,35)33-18-23(14-15-32)26-17-25(11-12-28(26)33)36-19-20-6-8-22(9-7-20)21-4-2-1-3-5-21/h1-13,16-18,34-35H,14-15,19,32H2. The van der Waals surface area contributed by atoms with E-state index in [1.807, 2.05) is 36.4 Å². The maximum absolute atomic E-state index is 13.6. The fraction of sp³-hybridized carbons (Fsp3) is 0.103. The number of fused-ring (bicyclic) bond motifs is 1. The third-order valence-corrected chi connectivity index (χ3v) is 8.39. The van der Waals surface area contributed by atoms with Crippen molar-refractivity contribution in [3.05, 3.63) is 119 Å². The van der Waals surface area contributed by atoms with Crippen molar-refractivity contribution in [3.63, 3.8) is 0 Å². The summed E-state index contributed by atoms with van der Waals surface area (Å²) in [6.07, 6.45) is 2.19. The molecule has 0 aliphatic carbocycles. The zero-order chi connectivity index (χ0) is 26.0. The van der Waals surface area contributed by atoms with Gasteiger partial charge in [0.25, 0.3) is 0 Å². The molecular formula is C29H26ClFN2O3S. The van der Waals surface area contributed by atoms with Gasteiger partial charge in [-0.3, -0.25) is 9.11 Å². The van der Waals surface area contributed by atoms with Crippen molar-refractivity contribution in [1.82, 2.24) is 3.97 Å². The van der Waals surface area contributed by atoms with Crippen molar-refractivity contribution in [2.24, 2.45) is 5.73 Å². The SMILES string of the molecule is NCCc1cn(S(O)(O)c2ccc(F)cc2Cl)c2ccc(OCc3ccc(-c4ccccc4)cc3)cc12. The van der Waals surface area contributed by atoms with Crippen LogP contribution in [0.3, 0.4) is 0 Å². The first-order valence-corrected chi connectivity index (χ1v) is 13.6. The van der Waals surface area contributed by atoms with Gasteiger partial charge in [0, 0.05) is 11.6 Å². The lowest BCUT2D eigenvalue weighted by Crippen LogP contribution is -2.09. The molecule has 0 spiro atoms. The molecule has 5 rings (SSSR count). The Morgan fingerprint density at radius 3 is 2.32 bits per heavy atom. The van der Waals surface area contributed by atoms with Gasteiger partial charge in [-0.2, -0.15) is 0 Å². The Morgan fingerprint density at radius 1 is 0.892 bits per heavy atom. The van der Waals surface area contributed by atoms with Crippen LogP contribution in [0.4, 0.5) is 4.39 Å². The molecule has 0 unspecified atom stereocenters. The Hall–Kier alpha value is -3.33. The van der Waals surface area contributed by atoms with Crippen LogP contribution in [-0.4, -0.2) is 19.6 Å². The number of ether oxygens (including phenoxy) is 1. The monoisotopic (exact) mass is 536 g/mol. The van der Waals surface area contributed by atoms with E-state index in [9.17, 15) is 13.5 Å². The van der Waals surface area contributed by atoms with E-state index in [0.29, 0.717) is 30.8 Å². The van der Waals surface area contributed by atoms with Crippen LogP contribution in [0.5, 0.6) is 5.75 Å². The first-order valence-electron chi connectivity index (χ1n) is 11.7. The zero-order valence-corrected chi connectivity index (χ0v) is 21.4. The highest BCUT2D eigenvalue weighted by Gasteiger charge is 2.25. The smallest absolute Gasteiger partial charge is 0.124 e. The lowest BCUT2D eigenvalue weighted by molar-refractivity contribution is 0.306. The van der Waals surface area contributed by atoms with Gasteiger partial charge in [0.15, 0.2) is 0 Å². The van der Waals surface area contributed by atoms with Gasteiger partial charge in [0.05, 0.1) is 15.4 Å². The van der Waals surface area contributed by atoms with E-state index in [1.54, 1.807) is 18.3 Å². The average Bonchev–Trinajstić information content (AvgIpc) is 3.27. The average molecular weight is 537 g/mol. The maximum atomic E-state index is 13.6. The zero-order valence-electron chi connectivity index (χ0n) is 19.9. The van der Waals surface area contributed by atoms with Gasteiger partial charge in [0.2, 0.25) is 0 Å². The van der Waals surface area contributed by atoms with Crippen molar-refractivity contribution < 1.29 is 18.2 Å². The molecule has 1 heterocycles. The normalized spacial score (nSPS) is 12.1. The van der Waals surface area contributed by atoms with E-state index >= 15 is 0 Å². The summed E-state index contributed by atoms with van der Waals surface area (Å²) in [7, 11) is -3.57. The Kier molecular flexibility index (Phi) is 7.24. The van der Waals surface area contributed by atoms with Gasteiger partial charge >= 0.3 is 0 Å². The summed E-state index contributed by atoms with van der Waals surface area (Å²) in [6, 6.07) is 27.3. The maximum Gasteiger partial charge on any atom is 0.124 e. The molecule has 0 radical (unpaired) electrons. The third kappa shape index (κ3) is 5.23. The highest BCUT2D eigenvalue weighted by atomic mass is 35.5. The number of hydrogen-bond donors (Lipinski definition) is 3. The van der Waals surface area contributed by atoms with Crippen LogP contribution < -0.4 is 10.5 Å². The van der Waals surface area contributed by atoms with Gasteiger partial charge in [-0.1, -0.05) is 77.0 Å². The molecule has 190 valence electrons. The fourth-order valence-electron chi connectivity index (χ4n) is 4.29. The number of halogens is 2. The number of aromatic nitrogens is 1. The van der Waals surface area contributed by atoms with Crippen molar-refractivity contribution in [3.8, 4) is 16.9 Å². The van der Waals surface area contributed by atoms with Crippen molar-refractivity contribution in [2.75, 3.05) is 6.54 Å². The first-order chi connectivity index (χ1) is 17.9. The summed E-state index contributed by atoms with van der Waals surface area (Å²) in [5, 5.41) is 0.737. The van der Waals surface area contributed by atoms with Gasteiger partial charge in [-0.25, -0.2) is 8.36 Å². The van der Waals surface area contributed by atoms with Gasteiger partial charge in [-0.15, -0.1) is 0 Å². The van der Waals surface area contributed by atoms with Crippen LogP contribution in [0, 0.1) is 5.82 Å². The van der Waals surface area contributed by atoms with E-state index in [4.69, 9.17) is 22.1 Å². The minimum atomic E-state index is -3.57. The van der Waals surface area contributed by atoms with E-state index in [2.05, 4.69) is 24.3 Å². The molecule has 1 aromatic heterocycles. The molecule has 5 nitrogen and oxygen atoms in total. The molecule has 0 atom stereocenters. The Labute approximate surface area is 221 Å². The Bertz CT molecular complexity index is 1540. The summed E-state index contributed by atoms with van der Waals surface area (Å²) in [5.41, 5.74) is 10.6. The van der Waals surface area contributed by atoms with Gasteiger partial charge in [-0.05, 0) is 71.6 Å². The highest BCUT2D eigenvalue weighted by Crippen LogP contribution is 2.54. The molecule has 0 fully saturated rings. The van der Waals surface area contributed by atoms with Crippen molar-refractivity contribution in [2.45, 2.75) is 17.9 Å². The molecule has 0 aliphatic heterocycles. The molecule has 5 aromatic rings. The second kappa shape index (κ2) is 10.6. The van der Waals surface area contributed by atoms with Crippen molar-refractivity contribution >= 4 is 33.3 Å². The quantitative estimate of drug-likeness (QED) is 0.189. The van der Waals surface area contributed by atoms with Crippen LogP contribution in [-0.2, 0) is 13.0 Å². The minimum Gasteiger partial charge on any atom is -0.489 e. The largest absolute Gasteiger partial charge is 0.489 e. The molecule has 0 aliphatic rings. The van der Waals surface area contributed by atoms with Crippen LogP contribution in [0.25, 0.3) is 22.0 Å². The molecular weight excluding hydrogens is 511 g/mol. The molecule has 0 amide bonds. The Balaban J connectivity index is 1.42. The third-order valence-electron chi connectivity index (χ3n) is 6.17. The fourth-order valence-corrected chi connectivity index (χ4v) is 6.26. The van der Waals surface area contributed by atoms with E-state index in [1.165, 1.54) is 10.0 Å². The molecule has 8 heteroatoms. The predicted octanol–water partition coefficient (Wildman–Crippen LogP) is 7.75. The van der Waals surface area contributed by atoms with Crippen LogP contribution in [0.1, 0.15) is 11.1 Å². The molecule has 37 heavy (non-hydrogen) atoms. The summed E-state index contributed by atoms with van der Waals surface area (Å²) in [5.74, 6) is 0.0913. The van der Waals surface area contributed by atoms with E-state index < -0.39 is 16.6 Å². The predicted molar refractivity (Wildman–Crippen MR) is 149 cm³/mol. The lowest BCUT2D eigenvalue weighted by Gasteiger charge is -2.35. The van der Waals surface area contributed by atoms with E-state index in [-0.39, 0.29) is 9.92 Å². The van der Waals surface area contributed by atoms with Gasteiger partial charge in [0.1, 0.15) is 18.2 Å². The molecule has 0 saturated carbocycles. The molecule has 0 saturated heterocycles. The number of benzene rings is 4. The van der Waals surface area contributed by atoms with E-state index in [0.717, 1.165) is 39.8 Å². The molecule has 4 N–H and O–H groups in total. The van der Waals surface area contributed by atoms with Crippen molar-refractivity contribution in [1.29, 1.82) is 0 Å². The van der Waals surface area contributed by atoms with Gasteiger partial charge < -0.3 is 10.5 Å². The lowest BCUT2D eigenvalue weighted by atomic mass is 10.0. The second-order valence-corrected chi connectivity index (χ2v) is 10.9. The van der Waals surface area contributed by atoms with Crippen LogP contribution >= 0.6 is 22.4 Å². The number of nitrogens with zero attached hydrogens (tertiary/aromatic N) is 1. The second-order valence-electron chi connectivity index (χ2n) is 8.64. The van der Waals surface area contributed by atoms with Crippen LogP contribution in [0.15, 0.2) is 102 Å².